The molecule has 0 aliphatic rings. The Morgan fingerprint density at radius 3 is 3.11 bits per heavy atom. The van der Waals surface area contributed by atoms with E-state index in [2.05, 4.69) is 26.2 Å². The zero-order chi connectivity index (χ0) is 13.4. The van der Waals surface area contributed by atoms with E-state index in [0.717, 1.165) is 15.9 Å². The smallest absolute Gasteiger partial charge is 0.233 e. The first-order valence-corrected chi connectivity index (χ1v) is 7.36. The van der Waals surface area contributed by atoms with Crippen molar-refractivity contribution in [3.05, 3.63) is 22.8 Å². The SMILES string of the molecule is COCCCNC(=O)[C@@H](C)Sc1ncccc1Br. The highest BCUT2D eigenvalue weighted by atomic mass is 79.9. The molecule has 1 rings (SSSR count). The quantitative estimate of drug-likeness (QED) is 0.615. The summed E-state index contributed by atoms with van der Waals surface area (Å²) in [6.07, 6.45) is 2.54. The number of hydrogen-bond donors (Lipinski definition) is 1. The predicted molar refractivity (Wildman–Crippen MR) is 76.8 cm³/mol. The molecule has 0 fully saturated rings. The van der Waals surface area contributed by atoms with Crippen molar-refractivity contribution in [1.29, 1.82) is 0 Å². The van der Waals surface area contributed by atoms with Crippen LogP contribution in [0.25, 0.3) is 0 Å². The molecule has 0 radical (unpaired) electrons. The summed E-state index contributed by atoms with van der Waals surface area (Å²) < 4.78 is 5.83. The summed E-state index contributed by atoms with van der Waals surface area (Å²) >= 11 is 4.86. The van der Waals surface area contributed by atoms with E-state index in [0.29, 0.717) is 13.2 Å². The third-order valence-corrected chi connectivity index (χ3v) is 4.23. The van der Waals surface area contributed by atoms with Crippen molar-refractivity contribution in [3.63, 3.8) is 0 Å². The Balaban J connectivity index is 2.38. The predicted octanol–water partition coefficient (Wildman–Crippen LogP) is 2.48. The highest BCUT2D eigenvalue weighted by molar-refractivity contribution is 9.10. The second-order valence-corrected chi connectivity index (χ2v) is 5.87. The maximum atomic E-state index is 11.8. The summed E-state index contributed by atoms with van der Waals surface area (Å²) in [4.78, 5) is 16.0. The molecule has 1 aromatic heterocycles. The third-order valence-electron chi connectivity index (χ3n) is 2.21. The minimum Gasteiger partial charge on any atom is -0.385 e. The standard InChI is InChI=1S/C12H17BrN2O2S/c1-9(11(16)14-7-4-8-17-2)18-12-10(13)5-3-6-15-12/h3,5-6,9H,4,7-8H2,1-2H3,(H,14,16)/t9-/m1/s1. The lowest BCUT2D eigenvalue weighted by Gasteiger charge is -2.12. The number of nitrogens with zero attached hydrogens (tertiary/aromatic N) is 1. The van der Waals surface area contributed by atoms with Gasteiger partial charge in [-0.05, 0) is 41.4 Å². The molecule has 1 N–H and O–H groups in total. The summed E-state index contributed by atoms with van der Waals surface area (Å²) in [6.45, 7) is 3.17. The third kappa shape index (κ3) is 5.37. The molecular weight excluding hydrogens is 316 g/mol. The van der Waals surface area contributed by atoms with Crippen LogP contribution in [0.2, 0.25) is 0 Å². The van der Waals surface area contributed by atoms with E-state index in [9.17, 15) is 4.79 Å². The zero-order valence-electron chi connectivity index (χ0n) is 10.5. The number of ether oxygens (including phenoxy) is 1. The van der Waals surface area contributed by atoms with Crippen LogP contribution in [0.4, 0.5) is 0 Å². The van der Waals surface area contributed by atoms with Crippen LogP contribution in [0.15, 0.2) is 27.8 Å². The van der Waals surface area contributed by atoms with E-state index < -0.39 is 0 Å². The van der Waals surface area contributed by atoms with Crippen LogP contribution in [-0.2, 0) is 9.53 Å². The average molecular weight is 333 g/mol. The molecule has 0 aliphatic heterocycles. The number of aromatic nitrogens is 1. The van der Waals surface area contributed by atoms with Crippen molar-refractivity contribution < 1.29 is 9.53 Å². The maximum Gasteiger partial charge on any atom is 0.233 e. The van der Waals surface area contributed by atoms with Crippen LogP contribution in [0.3, 0.4) is 0 Å². The summed E-state index contributed by atoms with van der Waals surface area (Å²) in [5.41, 5.74) is 0. The highest BCUT2D eigenvalue weighted by Gasteiger charge is 2.15. The molecule has 0 aromatic carbocycles. The first-order chi connectivity index (χ1) is 8.65. The fourth-order valence-corrected chi connectivity index (χ4v) is 2.61. The Bertz CT molecular complexity index is 390. The van der Waals surface area contributed by atoms with Crippen LogP contribution in [0.5, 0.6) is 0 Å². The van der Waals surface area contributed by atoms with Gasteiger partial charge in [0, 0.05) is 30.9 Å². The van der Waals surface area contributed by atoms with E-state index in [1.807, 2.05) is 19.1 Å². The van der Waals surface area contributed by atoms with Crippen molar-refractivity contribution in [2.75, 3.05) is 20.3 Å². The molecule has 0 spiro atoms. The largest absolute Gasteiger partial charge is 0.385 e. The van der Waals surface area contributed by atoms with Gasteiger partial charge in [0.15, 0.2) is 0 Å². The van der Waals surface area contributed by atoms with E-state index in [-0.39, 0.29) is 11.2 Å². The number of rotatable bonds is 7. The van der Waals surface area contributed by atoms with Crippen molar-refractivity contribution in [1.82, 2.24) is 10.3 Å². The van der Waals surface area contributed by atoms with Gasteiger partial charge in [0.1, 0.15) is 5.03 Å². The van der Waals surface area contributed by atoms with Gasteiger partial charge in [-0.3, -0.25) is 4.79 Å². The molecule has 0 saturated heterocycles. The van der Waals surface area contributed by atoms with E-state index in [4.69, 9.17) is 4.74 Å². The highest BCUT2D eigenvalue weighted by Crippen LogP contribution is 2.28. The number of hydrogen-bond acceptors (Lipinski definition) is 4. The van der Waals surface area contributed by atoms with Gasteiger partial charge >= 0.3 is 0 Å². The molecule has 4 nitrogen and oxygen atoms in total. The van der Waals surface area contributed by atoms with E-state index in [1.165, 1.54) is 11.8 Å². The molecule has 0 unspecified atom stereocenters. The molecule has 1 amide bonds. The first kappa shape index (κ1) is 15.5. The monoisotopic (exact) mass is 332 g/mol. The number of thioether (sulfide) groups is 1. The number of carbonyl (C=O) groups is 1. The number of carbonyl (C=O) groups excluding carboxylic acids is 1. The Morgan fingerprint density at radius 1 is 1.67 bits per heavy atom. The zero-order valence-corrected chi connectivity index (χ0v) is 12.9. The van der Waals surface area contributed by atoms with Crippen molar-refractivity contribution in [2.24, 2.45) is 0 Å². The van der Waals surface area contributed by atoms with Gasteiger partial charge < -0.3 is 10.1 Å². The average Bonchev–Trinajstić information content (AvgIpc) is 2.37. The number of nitrogens with one attached hydrogen (secondary N) is 1. The van der Waals surface area contributed by atoms with E-state index in [1.54, 1.807) is 13.3 Å². The lowest BCUT2D eigenvalue weighted by atomic mass is 10.4. The van der Waals surface area contributed by atoms with Gasteiger partial charge in [-0.25, -0.2) is 4.98 Å². The van der Waals surface area contributed by atoms with Gasteiger partial charge in [0.25, 0.3) is 0 Å². The van der Waals surface area contributed by atoms with Gasteiger partial charge in [-0.2, -0.15) is 0 Å². The second kappa shape index (κ2) is 8.50. The molecular formula is C12H17BrN2O2S. The van der Waals surface area contributed by atoms with Crippen LogP contribution in [0, 0.1) is 0 Å². The van der Waals surface area contributed by atoms with Crippen LogP contribution < -0.4 is 5.32 Å². The Kier molecular flexibility index (Phi) is 7.31. The van der Waals surface area contributed by atoms with Crippen LogP contribution in [-0.4, -0.2) is 36.4 Å². The number of amides is 1. The summed E-state index contributed by atoms with van der Waals surface area (Å²) in [5, 5.41) is 3.54. The van der Waals surface area contributed by atoms with Gasteiger partial charge in [-0.1, -0.05) is 11.8 Å². The minimum absolute atomic E-state index is 0.0219. The molecule has 1 atom stereocenters. The van der Waals surface area contributed by atoms with Gasteiger partial charge in [-0.15, -0.1) is 0 Å². The normalized spacial score (nSPS) is 12.2. The molecule has 0 aliphatic carbocycles. The molecule has 0 bridgehead atoms. The lowest BCUT2D eigenvalue weighted by molar-refractivity contribution is -0.120. The Hall–Kier alpha value is -0.590. The molecule has 1 heterocycles. The lowest BCUT2D eigenvalue weighted by Crippen LogP contribution is -2.32. The molecule has 0 saturated carbocycles. The molecule has 6 heteroatoms. The molecule has 100 valence electrons. The summed E-state index contributed by atoms with van der Waals surface area (Å²) in [5.74, 6) is 0.0219. The first-order valence-electron chi connectivity index (χ1n) is 5.69. The molecule has 1 aromatic rings. The van der Waals surface area contributed by atoms with E-state index >= 15 is 0 Å². The number of halogens is 1. The van der Waals surface area contributed by atoms with Crippen molar-refractivity contribution in [2.45, 2.75) is 23.6 Å². The van der Waals surface area contributed by atoms with Crippen LogP contribution in [0.1, 0.15) is 13.3 Å². The minimum atomic E-state index is -0.168. The fraction of sp³-hybridized carbons (Fsp3) is 0.500. The number of methoxy groups -OCH3 is 1. The van der Waals surface area contributed by atoms with Crippen molar-refractivity contribution >= 4 is 33.6 Å². The van der Waals surface area contributed by atoms with Gasteiger partial charge in [0.05, 0.1) is 5.25 Å². The summed E-state index contributed by atoms with van der Waals surface area (Å²) in [7, 11) is 1.65. The topological polar surface area (TPSA) is 51.2 Å². The second-order valence-electron chi connectivity index (χ2n) is 3.69. The van der Waals surface area contributed by atoms with Crippen molar-refractivity contribution in [3.8, 4) is 0 Å². The number of pyridine rings is 1. The Morgan fingerprint density at radius 2 is 2.44 bits per heavy atom. The Labute approximate surface area is 120 Å². The molecule has 18 heavy (non-hydrogen) atoms. The fourth-order valence-electron chi connectivity index (χ4n) is 1.25. The van der Waals surface area contributed by atoms with Gasteiger partial charge in [0.2, 0.25) is 5.91 Å². The summed E-state index contributed by atoms with van der Waals surface area (Å²) in [6, 6.07) is 3.77. The van der Waals surface area contributed by atoms with Crippen LogP contribution >= 0.6 is 27.7 Å². The maximum absolute atomic E-state index is 11.8.